The molecule has 0 bridgehead atoms. The van der Waals surface area contributed by atoms with Crippen LogP contribution >= 0.6 is 0 Å². The van der Waals surface area contributed by atoms with Crippen LogP contribution in [0.25, 0.3) is 11.1 Å². The largest absolute Gasteiger partial charge is 0.352 e. The normalized spacial score (nSPS) is 23.7. The third-order valence-corrected chi connectivity index (χ3v) is 5.90. The van der Waals surface area contributed by atoms with Crippen LogP contribution in [0, 0.1) is 0 Å². The Kier molecular flexibility index (Phi) is 5.07. The second-order valence-electron chi connectivity index (χ2n) is 9.32. The molecule has 2 aliphatic carbocycles. The zero-order valence-electron chi connectivity index (χ0n) is 17.4. The first-order chi connectivity index (χ1) is 13.7. The van der Waals surface area contributed by atoms with E-state index < -0.39 is 0 Å². The molecule has 3 N–H and O–H groups in total. The van der Waals surface area contributed by atoms with Crippen molar-refractivity contribution in [2.75, 3.05) is 0 Å². The summed E-state index contributed by atoms with van der Waals surface area (Å²) in [5.41, 5.74) is 9.60. The molecule has 1 aromatic carbocycles. The second kappa shape index (κ2) is 7.41. The Morgan fingerprint density at radius 3 is 2.66 bits per heavy atom. The van der Waals surface area contributed by atoms with Crippen LogP contribution in [0.3, 0.4) is 0 Å². The first-order valence-corrected chi connectivity index (χ1v) is 10.5. The minimum Gasteiger partial charge on any atom is -0.352 e. The molecular weight excluding hydrogens is 364 g/mol. The number of hydrogen-bond donors (Lipinski definition) is 2. The summed E-state index contributed by atoms with van der Waals surface area (Å²) in [5.74, 6) is 0.587. The van der Waals surface area contributed by atoms with Crippen LogP contribution in [0.1, 0.15) is 69.5 Å². The fraction of sp³-hybridized carbons (Fsp3) is 0.522. The van der Waals surface area contributed by atoms with Gasteiger partial charge in [0.15, 0.2) is 0 Å². The van der Waals surface area contributed by atoms with Crippen molar-refractivity contribution in [3.8, 4) is 11.1 Å². The highest BCUT2D eigenvalue weighted by Gasteiger charge is 2.37. The third kappa shape index (κ3) is 4.42. The quantitative estimate of drug-likeness (QED) is 0.788. The van der Waals surface area contributed by atoms with Crippen LogP contribution in [0.15, 0.2) is 35.1 Å². The number of carbonyl (C=O) groups excluding carboxylic acids is 1. The number of rotatable bonds is 6. The molecule has 0 aliphatic heterocycles. The highest BCUT2D eigenvalue weighted by Crippen LogP contribution is 2.41. The van der Waals surface area contributed by atoms with Crippen molar-refractivity contribution in [1.82, 2.24) is 15.1 Å². The van der Waals surface area contributed by atoms with Gasteiger partial charge >= 0.3 is 0 Å². The minimum atomic E-state index is -0.256. The average Bonchev–Trinajstić information content (AvgIpc) is 3.46. The molecule has 6 nitrogen and oxygen atoms in total. The molecule has 154 valence electrons. The Bertz CT molecular complexity index is 981. The van der Waals surface area contributed by atoms with E-state index in [0.29, 0.717) is 5.92 Å². The molecule has 0 spiro atoms. The van der Waals surface area contributed by atoms with Gasteiger partial charge in [0, 0.05) is 23.2 Å². The van der Waals surface area contributed by atoms with Gasteiger partial charge in [-0.25, -0.2) is 4.68 Å². The van der Waals surface area contributed by atoms with Crippen LogP contribution in [-0.4, -0.2) is 27.3 Å². The summed E-state index contributed by atoms with van der Waals surface area (Å²) in [6.45, 7) is 6.02. The van der Waals surface area contributed by atoms with Gasteiger partial charge in [-0.3, -0.25) is 9.59 Å². The summed E-state index contributed by atoms with van der Waals surface area (Å²) in [5, 5.41) is 7.53. The maximum absolute atomic E-state index is 12.7. The van der Waals surface area contributed by atoms with Gasteiger partial charge < -0.3 is 11.1 Å². The predicted molar refractivity (Wildman–Crippen MR) is 114 cm³/mol. The van der Waals surface area contributed by atoms with E-state index in [0.717, 1.165) is 29.7 Å². The van der Waals surface area contributed by atoms with Crippen molar-refractivity contribution in [3.63, 3.8) is 0 Å². The first kappa shape index (κ1) is 19.8. The maximum Gasteiger partial charge on any atom is 0.267 e. The summed E-state index contributed by atoms with van der Waals surface area (Å²) >= 11 is 0. The van der Waals surface area contributed by atoms with Crippen molar-refractivity contribution < 1.29 is 4.79 Å². The Morgan fingerprint density at radius 2 is 2.03 bits per heavy atom. The van der Waals surface area contributed by atoms with Crippen molar-refractivity contribution in [1.29, 1.82) is 0 Å². The van der Waals surface area contributed by atoms with Gasteiger partial charge in [-0.1, -0.05) is 38.1 Å². The number of hydrogen-bond acceptors (Lipinski definition) is 4. The van der Waals surface area contributed by atoms with E-state index >= 15 is 0 Å². The summed E-state index contributed by atoms with van der Waals surface area (Å²) in [4.78, 5) is 25.1. The van der Waals surface area contributed by atoms with Gasteiger partial charge in [0.1, 0.15) is 6.54 Å². The molecule has 29 heavy (non-hydrogen) atoms. The first-order valence-electron chi connectivity index (χ1n) is 10.5. The van der Waals surface area contributed by atoms with Crippen molar-refractivity contribution in [3.05, 3.63) is 51.9 Å². The van der Waals surface area contributed by atoms with Crippen molar-refractivity contribution in [2.24, 2.45) is 5.73 Å². The molecule has 0 unspecified atom stereocenters. The van der Waals surface area contributed by atoms with Crippen LogP contribution in [-0.2, 0) is 11.3 Å². The molecule has 2 saturated carbocycles. The lowest BCUT2D eigenvalue weighted by atomic mass is 9.75. The summed E-state index contributed by atoms with van der Waals surface area (Å²) in [7, 11) is 0. The van der Waals surface area contributed by atoms with Gasteiger partial charge in [-0.2, -0.15) is 5.10 Å². The number of carbonyl (C=O) groups is 1. The highest BCUT2D eigenvalue weighted by atomic mass is 16.2. The highest BCUT2D eigenvalue weighted by molar-refractivity contribution is 5.76. The van der Waals surface area contributed by atoms with Gasteiger partial charge in [0.05, 0.1) is 5.69 Å². The van der Waals surface area contributed by atoms with Crippen LogP contribution in [0.4, 0.5) is 0 Å². The number of nitrogens with zero attached hydrogens (tertiary/aromatic N) is 2. The molecule has 1 amide bonds. The Morgan fingerprint density at radius 1 is 1.31 bits per heavy atom. The Labute approximate surface area is 171 Å². The SMILES string of the molecule is CC(C)c1nn(CC(=O)NC2CC(C)(N)C2)c(=O)cc1-c1cccc(C2CC2)c1. The molecule has 2 aliphatic rings. The fourth-order valence-corrected chi connectivity index (χ4v) is 4.23. The van der Waals surface area contributed by atoms with E-state index in [1.165, 1.54) is 23.1 Å². The minimum absolute atomic E-state index is 0.0707. The zero-order valence-corrected chi connectivity index (χ0v) is 17.4. The van der Waals surface area contributed by atoms with Gasteiger partial charge in [0.25, 0.3) is 5.56 Å². The fourth-order valence-electron chi connectivity index (χ4n) is 4.23. The lowest BCUT2D eigenvalue weighted by Crippen LogP contribution is -2.58. The van der Waals surface area contributed by atoms with E-state index in [-0.39, 0.29) is 35.5 Å². The molecule has 2 fully saturated rings. The summed E-state index contributed by atoms with van der Waals surface area (Å²) < 4.78 is 1.28. The Balaban J connectivity index is 1.57. The predicted octanol–water partition coefficient (Wildman–Crippen LogP) is 2.91. The smallest absolute Gasteiger partial charge is 0.267 e. The molecule has 2 aromatic rings. The number of aromatic nitrogens is 2. The van der Waals surface area contributed by atoms with Gasteiger partial charge in [-0.05, 0) is 55.6 Å². The van der Waals surface area contributed by atoms with Gasteiger partial charge in [-0.15, -0.1) is 0 Å². The van der Waals surface area contributed by atoms with E-state index in [2.05, 4.69) is 42.5 Å². The van der Waals surface area contributed by atoms with E-state index in [4.69, 9.17) is 5.73 Å². The summed E-state index contributed by atoms with van der Waals surface area (Å²) in [6.07, 6.45) is 3.99. The molecule has 1 heterocycles. The third-order valence-electron chi connectivity index (χ3n) is 5.90. The second-order valence-corrected chi connectivity index (χ2v) is 9.32. The monoisotopic (exact) mass is 394 g/mol. The molecule has 6 heteroatoms. The van der Waals surface area contributed by atoms with E-state index in [1.54, 1.807) is 6.07 Å². The maximum atomic E-state index is 12.7. The lowest BCUT2D eigenvalue weighted by molar-refractivity contribution is -0.123. The number of benzene rings is 1. The molecule has 1 aromatic heterocycles. The molecule has 4 rings (SSSR count). The topological polar surface area (TPSA) is 90.0 Å². The molecule has 0 atom stereocenters. The average molecular weight is 395 g/mol. The van der Waals surface area contributed by atoms with Gasteiger partial charge in [0.2, 0.25) is 5.91 Å². The number of nitrogens with two attached hydrogens (primary N) is 1. The zero-order chi connectivity index (χ0) is 20.8. The molecule has 0 saturated heterocycles. The lowest BCUT2D eigenvalue weighted by Gasteiger charge is -2.42. The molecular formula is C23H30N4O2. The van der Waals surface area contributed by atoms with Crippen molar-refractivity contribution >= 4 is 5.91 Å². The van der Waals surface area contributed by atoms with E-state index in [1.807, 2.05) is 13.0 Å². The van der Waals surface area contributed by atoms with Crippen molar-refractivity contribution in [2.45, 2.75) is 76.4 Å². The summed E-state index contributed by atoms with van der Waals surface area (Å²) in [6, 6.07) is 10.1. The molecule has 0 radical (unpaired) electrons. The Hall–Kier alpha value is -2.47. The standard InChI is InChI=1S/C23H30N4O2/c1-14(2)22-19(17-6-4-5-16(9-17)15-7-8-15)10-21(29)27(26-22)13-20(28)25-18-11-23(3,24)12-18/h4-6,9-10,14-15,18H,7-8,11-13,24H2,1-3H3,(H,25,28). The number of nitrogens with one attached hydrogen (secondary N) is 1. The van der Waals surface area contributed by atoms with Crippen LogP contribution < -0.4 is 16.6 Å². The number of amides is 1. The van der Waals surface area contributed by atoms with Crippen LogP contribution in [0.5, 0.6) is 0 Å². The van der Waals surface area contributed by atoms with Crippen LogP contribution in [0.2, 0.25) is 0 Å². The van der Waals surface area contributed by atoms with E-state index in [9.17, 15) is 9.59 Å².